The first-order valence-corrected chi connectivity index (χ1v) is 10.3. The van der Waals surface area contributed by atoms with Gasteiger partial charge in [-0.15, -0.1) is 0 Å². The summed E-state index contributed by atoms with van der Waals surface area (Å²) in [5.74, 6) is 1.93. The molecule has 2 aromatic carbocycles. The first kappa shape index (κ1) is 16.3. The summed E-state index contributed by atoms with van der Waals surface area (Å²) in [6, 6.07) is 14.9. The van der Waals surface area contributed by atoms with Gasteiger partial charge in [-0.2, -0.15) is 0 Å². The number of ether oxygens (including phenoxy) is 1. The molecule has 1 aliphatic heterocycles. The van der Waals surface area contributed by atoms with Crippen molar-refractivity contribution in [2.45, 2.75) is 43.7 Å². The number of nitrogens with one attached hydrogen (secondary N) is 1. The van der Waals surface area contributed by atoms with Crippen molar-refractivity contribution in [1.29, 1.82) is 0 Å². The van der Waals surface area contributed by atoms with Crippen LogP contribution in [0.2, 0.25) is 0 Å². The van der Waals surface area contributed by atoms with Gasteiger partial charge in [-0.1, -0.05) is 18.2 Å². The Balaban J connectivity index is 1.56. The third kappa shape index (κ3) is 2.82. The van der Waals surface area contributed by atoms with Crippen molar-refractivity contribution < 1.29 is 4.74 Å². The van der Waals surface area contributed by atoms with Gasteiger partial charge in [-0.3, -0.25) is 0 Å². The highest BCUT2D eigenvalue weighted by Crippen LogP contribution is 2.48. The van der Waals surface area contributed by atoms with Crippen molar-refractivity contribution in [2.75, 3.05) is 5.32 Å². The van der Waals surface area contributed by atoms with E-state index in [-0.39, 0.29) is 11.6 Å². The molecule has 0 amide bonds. The Morgan fingerprint density at radius 3 is 2.81 bits per heavy atom. The molecule has 4 nitrogen and oxygen atoms in total. The van der Waals surface area contributed by atoms with Gasteiger partial charge in [0.1, 0.15) is 23.5 Å². The van der Waals surface area contributed by atoms with Crippen LogP contribution in [-0.2, 0) is 0 Å². The maximum atomic E-state index is 6.48. The van der Waals surface area contributed by atoms with E-state index in [1.165, 1.54) is 22.0 Å². The molecule has 1 N–H and O–H groups in total. The summed E-state index contributed by atoms with van der Waals surface area (Å²) in [4.78, 5) is 8.98. The van der Waals surface area contributed by atoms with Gasteiger partial charge >= 0.3 is 0 Å². The molecule has 1 atom stereocenters. The lowest BCUT2D eigenvalue weighted by molar-refractivity contribution is 0.0453. The molecule has 2 heterocycles. The normalized spacial score (nSPS) is 20.7. The Morgan fingerprint density at radius 2 is 1.92 bits per heavy atom. The molecular weight excluding hydrogens is 437 g/mol. The van der Waals surface area contributed by atoms with E-state index in [0.29, 0.717) is 0 Å². The molecule has 1 spiro atoms. The van der Waals surface area contributed by atoms with Crippen LogP contribution in [0.25, 0.3) is 10.9 Å². The zero-order chi connectivity index (χ0) is 17.6. The first-order valence-electron chi connectivity index (χ1n) is 9.17. The van der Waals surface area contributed by atoms with Gasteiger partial charge in [0.2, 0.25) is 0 Å². The average Bonchev–Trinajstić information content (AvgIpc) is 3.09. The zero-order valence-electron chi connectivity index (χ0n) is 14.4. The third-order valence-corrected chi connectivity index (χ3v) is 6.29. The number of fused-ring (bicyclic) bond motifs is 2. The summed E-state index contributed by atoms with van der Waals surface area (Å²) in [5.41, 5.74) is 2.17. The number of nitrogens with zero attached hydrogens (tertiary/aromatic N) is 2. The lowest BCUT2D eigenvalue weighted by Crippen LogP contribution is -2.40. The Morgan fingerprint density at radius 1 is 1.08 bits per heavy atom. The van der Waals surface area contributed by atoms with Crippen molar-refractivity contribution in [3.05, 3.63) is 57.9 Å². The topological polar surface area (TPSA) is 47.0 Å². The van der Waals surface area contributed by atoms with E-state index in [0.717, 1.165) is 41.7 Å². The van der Waals surface area contributed by atoms with Gasteiger partial charge in [0.05, 0.1) is 11.6 Å². The molecule has 1 aromatic heterocycles. The quantitative estimate of drug-likeness (QED) is 0.518. The predicted molar refractivity (Wildman–Crippen MR) is 112 cm³/mol. The Kier molecular flexibility index (Phi) is 3.99. The van der Waals surface area contributed by atoms with Crippen LogP contribution in [0.15, 0.2) is 48.8 Å². The van der Waals surface area contributed by atoms with Crippen LogP contribution in [0.5, 0.6) is 5.75 Å². The molecule has 26 heavy (non-hydrogen) atoms. The van der Waals surface area contributed by atoms with E-state index < -0.39 is 0 Å². The average molecular weight is 457 g/mol. The maximum Gasteiger partial charge on any atom is 0.137 e. The number of anilines is 1. The molecule has 0 saturated heterocycles. The van der Waals surface area contributed by atoms with E-state index in [1.54, 1.807) is 6.33 Å². The standard InChI is InChI=1S/C21H20IN3O/c22-14-7-8-17-16(11-14)20(24-13-23-17)25-18-12-21(9-3-4-10-21)26-19-6-2-1-5-15(18)19/h1-2,5-8,11,13,18H,3-4,9-10,12H2,(H,23,24,25). The molecule has 2 aliphatic rings. The molecule has 3 aromatic rings. The molecular formula is C21H20IN3O. The van der Waals surface area contributed by atoms with Gasteiger partial charge in [0.15, 0.2) is 0 Å². The minimum atomic E-state index is -0.0245. The highest BCUT2D eigenvalue weighted by molar-refractivity contribution is 14.1. The minimum Gasteiger partial charge on any atom is -0.487 e. The van der Waals surface area contributed by atoms with Gasteiger partial charge in [0, 0.05) is 20.9 Å². The number of hydrogen-bond acceptors (Lipinski definition) is 4. The van der Waals surface area contributed by atoms with E-state index >= 15 is 0 Å². The van der Waals surface area contributed by atoms with E-state index in [9.17, 15) is 0 Å². The Bertz CT molecular complexity index is 968. The molecule has 5 rings (SSSR count). The second kappa shape index (κ2) is 6.37. The molecule has 132 valence electrons. The van der Waals surface area contributed by atoms with Crippen molar-refractivity contribution in [2.24, 2.45) is 0 Å². The molecule has 5 heteroatoms. The third-order valence-electron chi connectivity index (χ3n) is 5.62. The van der Waals surface area contributed by atoms with Crippen LogP contribution in [0.4, 0.5) is 5.82 Å². The van der Waals surface area contributed by atoms with Gasteiger partial charge in [-0.05, 0) is 72.5 Å². The highest BCUT2D eigenvalue weighted by Gasteiger charge is 2.43. The number of aromatic nitrogens is 2. The number of halogens is 1. The number of hydrogen-bond donors (Lipinski definition) is 1. The van der Waals surface area contributed by atoms with Crippen LogP contribution >= 0.6 is 22.6 Å². The molecule has 1 unspecified atom stereocenters. The monoisotopic (exact) mass is 457 g/mol. The largest absolute Gasteiger partial charge is 0.487 e. The smallest absolute Gasteiger partial charge is 0.137 e. The maximum absolute atomic E-state index is 6.48. The Hall–Kier alpha value is -1.89. The summed E-state index contributed by atoms with van der Waals surface area (Å²) in [6.45, 7) is 0. The summed E-state index contributed by atoms with van der Waals surface area (Å²) in [6.07, 6.45) is 7.42. The fourth-order valence-corrected chi connectivity index (χ4v) is 4.87. The highest BCUT2D eigenvalue weighted by atomic mass is 127. The fraction of sp³-hybridized carbons (Fsp3) is 0.333. The van der Waals surface area contributed by atoms with Gasteiger partial charge in [0.25, 0.3) is 0 Å². The SMILES string of the molecule is Ic1ccc2ncnc(NC3CC4(CCCC4)Oc4ccccc43)c2c1. The van der Waals surface area contributed by atoms with E-state index in [2.05, 4.69) is 80.3 Å². The molecule has 1 fully saturated rings. The number of rotatable bonds is 2. The number of para-hydroxylation sites is 1. The van der Waals surface area contributed by atoms with Gasteiger partial charge < -0.3 is 10.1 Å². The summed E-state index contributed by atoms with van der Waals surface area (Å²) < 4.78 is 7.67. The molecule has 1 aliphatic carbocycles. The van der Waals surface area contributed by atoms with Crippen molar-refractivity contribution >= 4 is 39.3 Å². The first-order chi connectivity index (χ1) is 12.7. The second-order valence-electron chi connectivity index (χ2n) is 7.31. The van der Waals surface area contributed by atoms with Crippen LogP contribution < -0.4 is 10.1 Å². The summed E-state index contributed by atoms with van der Waals surface area (Å²) >= 11 is 2.34. The van der Waals surface area contributed by atoms with Crippen molar-refractivity contribution in [3.63, 3.8) is 0 Å². The van der Waals surface area contributed by atoms with E-state index in [1.807, 2.05) is 0 Å². The summed E-state index contributed by atoms with van der Waals surface area (Å²) in [5, 5.41) is 4.80. The molecule has 0 bridgehead atoms. The lowest BCUT2D eigenvalue weighted by atomic mass is 9.86. The molecule has 0 radical (unpaired) electrons. The van der Waals surface area contributed by atoms with Crippen molar-refractivity contribution in [3.8, 4) is 5.75 Å². The number of benzene rings is 2. The zero-order valence-corrected chi connectivity index (χ0v) is 16.6. The van der Waals surface area contributed by atoms with Crippen molar-refractivity contribution in [1.82, 2.24) is 9.97 Å². The second-order valence-corrected chi connectivity index (χ2v) is 8.56. The van der Waals surface area contributed by atoms with Crippen LogP contribution in [0.3, 0.4) is 0 Å². The van der Waals surface area contributed by atoms with Gasteiger partial charge in [-0.25, -0.2) is 9.97 Å². The van der Waals surface area contributed by atoms with Crippen LogP contribution in [-0.4, -0.2) is 15.6 Å². The van der Waals surface area contributed by atoms with Crippen LogP contribution in [0, 0.1) is 3.57 Å². The lowest BCUT2D eigenvalue weighted by Gasteiger charge is -2.40. The Labute approximate surface area is 166 Å². The van der Waals surface area contributed by atoms with Crippen LogP contribution in [0.1, 0.15) is 43.7 Å². The van der Waals surface area contributed by atoms with E-state index in [4.69, 9.17) is 4.74 Å². The molecule has 1 saturated carbocycles. The summed E-state index contributed by atoms with van der Waals surface area (Å²) in [7, 11) is 0. The fourth-order valence-electron chi connectivity index (χ4n) is 4.38. The minimum absolute atomic E-state index is 0.0245. The predicted octanol–water partition coefficient (Wildman–Crippen LogP) is 5.48.